The van der Waals surface area contributed by atoms with Crippen molar-refractivity contribution < 1.29 is 27.8 Å². The van der Waals surface area contributed by atoms with E-state index in [0.717, 1.165) is 0 Å². The van der Waals surface area contributed by atoms with Gasteiger partial charge in [0.2, 0.25) is 0 Å². The number of hydrogen-bond donors (Lipinski definition) is 1. The van der Waals surface area contributed by atoms with Crippen molar-refractivity contribution in [1.82, 2.24) is 0 Å². The maximum absolute atomic E-state index is 11.8. The van der Waals surface area contributed by atoms with Crippen LogP contribution in [0.2, 0.25) is 10.0 Å². The van der Waals surface area contributed by atoms with Crippen molar-refractivity contribution in [3.05, 3.63) is 27.7 Å². The fourth-order valence-electron chi connectivity index (χ4n) is 1.15. The molecule has 0 aliphatic heterocycles. The summed E-state index contributed by atoms with van der Waals surface area (Å²) in [6.45, 7) is -2.46. The lowest BCUT2D eigenvalue weighted by molar-refractivity contribution is -0.186. The minimum Gasteiger partial charge on any atom is -0.466 e. The number of aliphatic hydroxyl groups excluding tert-OH is 1. The first-order chi connectivity index (χ1) is 8.33. The number of ether oxygens (including phenoxy) is 2. The SMILES string of the molecule is OCc1cc(Cl)cc(Cl)c1OCOCC(F)(F)F. The van der Waals surface area contributed by atoms with Crippen LogP contribution in [0.15, 0.2) is 12.1 Å². The van der Waals surface area contributed by atoms with E-state index in [1.165, 1.54) is 12.1 Å². The average molecular weight is 305 g/mol. The Kier molecular flexibility index (Phi) is 5.52. The second-order valence-electron chi connectivity index (χ2n) is 3.26. The first-order valence-electron chi connectivity index (χ1n) is 4.69. The zero-order chi connectivity index (χ0) is 13.8. The molecule has 1 rings (SSSR count). The molecule has 0 aliphatic rings. The van der Waals surface area contributed by atoms with Gasteiger partial charge in [-0.1, -0.05) is 23.2 Å². The lowest BCUT2D eigenvalue weighted by Gasteiger charge is -2.13. The van der Waals surface area contributed by atoms with Gasteiger partial charge in [-0.3, -0.25) is 0 Å². The Morgan fingerprint density at radius 1 is 1.22 bits per heavy atom. The summed E-state index contributed by atoms with van der Waals surface area (Å²) in [5.74, 6) is 0.0470. The zero-order valence-corrected chi connectivity index (χ0v) is 10.4. The Morgan fingerprint density at radius 2 is 1.89 bits per heavy atom. The van der Waals surface area contributed by atoms with Crippen LogP contribution in [-0.2, 0) is 11.3 Å². The molecule has 0 heterocycles. The number of halogens is 5. The van der Waals surface area contributed by atoms with Crippen molar-refractivity contribution >= 4 is 23.2 Å². The van der Waals surface area contributed by atoms with Gasteiger partial charge in [0.15, 0.2) is 6.79 Å². The van der Waals surface area contributed by atoms with Crippen LogP contribution in [0, 0.1) is 0 Å². The quantitative estimate of drug-likeness (QED) is 0.669. The predicted octanol–water partition coefficient (Wildman–Crippen LogP) is 3.40. The van der Waals surface area contributed by atoms with Crippen molar-refractivity contribution in [2.75, 3.05) is 13.4 Å². The van der Waals surface area contributed by atoms with E-state index in [-0.39, 0.29) is 21.4 Å². The van der Waals surface area contributed by atoms with Gasteiger partial charge in [-0.05, 0) is 12.1 Å². The molecule has 0 radical (unpaired) electrons. The Morgan fingerprint density at radius 3 is 2.44 bits per heavy atom. The van der Waals surface area contributed by atoms with Gasteiger partial charge >= 0.3 is 6.18 Å². The highest BCUT2D eigenvalue weighted by Gasteiger charge is 2.27. The van der Waals surface area contributed by atoms with Crippen LogP contribution in [-0.4, -0.2) is 24.7 Å². The maximum atomic E-state index is 11.8. The molecule has 0 atom stereocenters. The second-order valence-corrected chi connectivity index (χ2v) is 4.10. The minimum atomic E-state index is -4.42. The van der Waals surface area contributed by atoms with Gasteiger partial charge in [0.25, 0.3) is 0 Å². The molecule has 0 fully saturated rings. The van der Waals surface area contributed by atoms with Gasteiger partial charge in [-0.25, -0.2) is 0 Å². The van der Waals surface area contributed by atoms with Crippen molar-refractivity contribution in [1.29, 1.82) is 0 Å². The monoisotopic (exact) mass is 304 g/mol. The van der Waals surface area contributed by atoms with E-state index in [1.54, 1.807) is 0 Å². The molecular formula is C10H9Cl2F3O3. The predicted molar refractivity (Wildman–Crippen MR) is 59.9 cm³/mol. The first kappa shape index (κ1) is 15.4. The molecular weight excluding hydrogens is 296 g/mol. The van der Waals surface area contributed by atoms with Crippen LogP contribution in [0.3, 0.4) is 0 Å². The minimum absolute atomic E-state index is 0.0470. The number of hydrogen-bond acceptors (Lipinski definition) is 3. The van der Waals surface area contributed by atoms with Crippen LogP contribution in [0.4, 0.5) is 13.2 Å². The van der Waals surface area contributed by atoms with Gasteiger partial charge in [0, 0.05) is 10.6 Å². The zero-order valence-electron chi connectivity index (χ0n) is 8.93. The molecule has 0 spiro atoms. The summed E-state index contributed by atoms with van der Waals surface area (Å²) in [4.78, 5) is 0. The number of aliphatic hydroxyl groups is 1. The second kappa shape index (κ2) is 6.47. The standard InChI is InChI=1S/C10H9Cl2F3O3/c11-7-1-6(3-16)9(8(12)2-7)18-5-17-4-10(13,14)15/h1-2,16H,3-5H2. The van der Waals surface area contributed by atoms with E-state index in [1.807, 2.05) is 0 Å². The molecule has 8 heteroatoms. The lowest BCUT2D eigenvalue weighted by Crippen LogP contribution is -2.19. The normalized spacial score (nSPS) is 11.7. The molecule has 0 aromatic heterocycles. The fourth-order valence-corrected chi connectivity index (χ4v) is 1.74. The van der Waals surface area contributed by atoms with Gasteiger partial charge in [0.05, 0.1) is 11.6 Å². The topological polar surface area (TPSA) is 38.7 Å². The van der Waals surface area contributed by atoms with E-state index >= 15 is 0 Å². The maximum Gasteiger partial charge on any atom is 0.411 e. The van der Waals surface area contributed by atoms with Crippen LogP contribution >= 0.6 is 23.2 Å². The summed E-state index contributed by atoms with van der Waals surface area (Å²) >= 11 is 11.5. The Hall–Kier alpha value is -0.690. The number of rotatable bonds is 5. The molecule has 0 amide bonds. The Bertz CT molecular complexity index is 410. The van der Waals surface area contributed by atoms with Crippen LogP contribution in [0.25, 0.3) is 0 Å². The highest BCUT2D eigenvalue weighted by Crippen LogP contribution is 2.32. The molecule has 0 saturated carbocycles. The summed E-state index contributed by atoms with van der Waals surface area (Å²) in [5.41, 5.74) is 0.267. The molecule has 0 aliphatic carbocycles. The van der Waals surface area contributed by atoms with E-state index in [9.17, 15) is 13.2 Å². The first-order valence-corrected chi connectivity index (χ1v) is 5.45. The third kappa shape index (κ3) is 4.89. The van der Waals surface area contributed by atoms with Gasteiger partial charge in [-0.15, -0.1) is 0 Å². The van der Waals surface area contributed by atoms with Crippen molar-refractivity contribution in [3.63, 3.8) is 0 Å². The third-order valence-electron chi connectivity index (χ3n) is 1.81. The van der Waals surface area contributed by atoms with Gasteiger partial charge in [-0.2, -0.15) is 13.2 Å². The van der Waals surface area contributed by atoms with Crippen LogP contribution < -0.4 is 4.74 Å². The van der Waals surface area contributed by atoms with E-state index in [2.05, 4.69) is 4.74 Å². The van der Waals surface area contributed by atoms with E-state index in [0.29, 0.717) is 0 Å². The molecule has 102 valence electrons. The van der Waals surface area contributed by atoms with Crippen LogP contribution in [0.5, 0.6) is 5.75 Å². The Labute approximate surface area is 111 Å². The average Bonchev–Trinajstić information content (AvgIpc) is 2.24. The summed E-state index contributed by atoms with van der Waals surface area (Å²) in [7, 11) is 0. The van der Waals surface area contributed by atoms with Crippen molar-refractivity contribution in [3.8, 4) is 5.75 Å². The van der Waals surface area contributed by atoms with E-state index in [4.69, 9.17) is 33.0 Å². The number of benzene rings is 1. The van der Waals surface area contributed by atoms with E-state index < -0.39 is 26.2 Å². The molecule has 0 bridgehead atoms. The summed E-state index contributed by atoms with van der Waals surface area (Å²) in [5, 5.41) is 9.41. The summed E-state index contributed by atoms with van der Waals surface area (Å²) in [6, 6.07) is 2.74. The molecule has 18 heavy (non-hydrogen) atoms. The number of alkyl halides is 3. The molecule has 0 saturated heterocycles. The summed E-state index contributed by atoms with van der Waals surface area (Å²) in [6.07, 6.45) is -4.42. The smallest absolute Gasteiger partial charge is 0.411 e. The van der Waals surface area contributed by atoms with Crippen molar-refractivity contribution in [2.24, 2.45) is 0 Å². The summed E-state index contributed by atoms with van der Waals surface area (Å²) < 4.78 is 44.6. The highest BCUT2D eigenvalue weighted by molar-refractivity contribution is 6.35. The molecule has 1 N–H and O–H groups in total. The fraction of sp³-hybridized carbons (Fsp3) is 0.400. The molecule has 0 unspecified atom stereocenters. The highest BCUT2D eigenvalue weighted by atomic mass is 35.5. The largest absolute Gasteiger partial charge is 0.466 e. The molecule has 1 aromatic rings. The lowest BCUT2D eigenvalue weighted by atomic mass is 10.2. The van der Waals surface area contributed by atoms with Gasteiger partial charge < -0.3 is 14.6 Å². The Balaban J connectivity index is 2.62. The molecule has 3 nitrogen and oxygen atoms in total. The van der Waals surface area contributed by atoms with Crippen molar-refractivity contribution in [2.45, 2.75) is 12.8 Å². The molecule has 1 aromatic carbocycles. The van der Waals surface area contributed by atoms with Crippen LogP contribution in [0.1, 0.15) is 5.56 Å². The van der Waals surface area contributed by atoms with Gasteiger partial charge in [0.1, 0.15) is 12.4 Å². The third-order valence-corrected chi connectivity index (χ3v) is 2.31.